The fourth-order valence-corrected chi connectivity index (χ4v) is 2.19. The van der Waals surface area contributed by atoms with Gasteiger partial charge < -0.3 is 10.2 Å². The second-order valence-electron chi connectivity index (χ2n) is 5.66. The molecule has 0 saturated carbocycles. The summed E-state index contributed by atoms with van der Waals surface area (Å²) in [5.41, 5.74) is 4.06. The van der Waals surface area contributed by atoms with E-state index in [1.54, 1.807) is 0 Å². The molecule has 0 aliphatic rings. The van der Waals surface area contributed by atoms with E-state index in [2.05, 4.69) is 63.2 Å². The van der Waals surface area contributed by atoms with E-state index in [-0.39, 0.29) is 0 Å². The third-order valence-corrected chi connectivity index (χ3v) is 3.16. The summed E-state index contributed by atoms with van der Waals surface area (Å²) in [4.78, 5) is 2.35. The van der Waals surface area contributed by atoms with Crippen molar-refractivity contribution in [3.63, 3.8) is 0 Å². The van der Waals surface area contributed by atoms with Crippen LogP contribution in [0.25, 0.3) is 0 Å². The highest BCUT2D eigenvalue weighted by Crippen LogP contribution is 2.19. The van der Waals surface area contributed by atoms with Crippen LogP contribution in [0.15, 0.2) is 18.2 Å². The van der Waals surface area contributed by atoms with Crippen LogP contribution in [-0.2, 0) is 0 Å². The van der Waals surface area contributed by atoms with E-state index in [0.717, 1.165) is 25.6 Å². The lowest BCUT2D eigenvalue weighted by atomic mass is 10.1. The summed E-state index contributed by atoms with van der Waals surface area (Å²) >= 11 is 0. The number of nitrogens with one attached hydrogen (secondary N) is 1. The van der Waals surface area contributed by atoms with Crippen molar-refractivity contribution in [2.45, 2.75) is 34.1 Å². The Morgan fingerprint density at radius 1 is 1.22 bits per heavy atom. The highest BCUT2D eigenvalue weighted by Gasteiger charge is 2.04. The van der Waals surface area contributed by atoms with E-state index in [1.807, 2.05) is 0 Å². The smallest absolute Gasteiger partial charge is 0.0393 e. The number of nitrogens with zero attached hydrogens (tertiary/aromatic N) is 1. The van der Waals surface area contributed by atoms with Gasteiger partial charge in [0.15, 0.2) is 0 Å². The summed E-state index contributed by atoms with van der Waals surface area (Å²) in [7, 11) is 2.18. The van der Waals surface area contributed by atoms with Gasteiger partial charge in [-0.25, -0.2) is 0 Å². The van der Waals surface area contributed by atoms with Crippen LogP contribution in [0.1, 0.15) is 31.4 Å². The highest BCUT2D eigenvalue weighted by molar-refractivity contribution is 5.53. The van der Waals surface area contributed by atoms with Gasteiger partial charge >= 0.3 is 0 Å². The molecule has 0 saturated heterocycles. The summed E-state index contributed by atoms with van der Waals surface area (Å²) in [5.74, 6) is 0.738. The molecule has 18 heavy (non-hydrogen) atoms. The first-order chi connectivity index (χ1) is 8.50. The zero-order valence-corrected chi connectivity index (χ0v) is 12.6. The Morgan fingerprint density at radius 3 is 2.56 bits per heavy atom. The largest absolute Gasteiger partial charge is 0.374 e. The quantitative estimate of drug-likeness (QED) is 0.744. The lowest BCUT2D eigenvalue weighted by Crippen LogP contribution is -2.26. The normalized spacial score (nSPS) is 11.0. The molecule has 0 aliphatic carbocycles. The maximum atomic E-state index is 3.49. The molecule has 0 aromatic heterocycles. The van der Waals surface area contributed by atoms with Gasteiger partial charge in [0.05, 0.1) is 0 Å². The fraction of sp³-hybridized carbons (Fsp3) is 0.625. The number of benzene rings is 1. The van der Waals surface area contributed by atoms with Crippen LogP contribution in [0.3, 0.4) is 0 Å². The Morgan fingerprint density at radius 2 is 1.94 bits per heavy atom. The van der Waals surface area contributed by atoms with Crippen LogP contribution in [0.2, 0.25) is 0 Å². The molecule has 2 heteroatoms. The molecular weight excluding hydrogens is 220 g/mol. The van der Waals surface area contributed by atoms with Gasteiger partial charge in [-0.15, -0.1) is 0 Å². The zero-order valence-electron chi connectivity index (χ0n) is 12.6. The van der Waals surface area contributed by atoms with E-state index < -0.39 is 0 Å². The number of aryl methyl sites for hydroxylation is 2. The second-order valence-corrected chi connectivity index (χ2v) is 5.66. The van der Waals surface area contributed by atoms with Crippen molar-refractivity contribution in [3.8, 4) is 0 Å². The number of rotatable bonds is 7. The predicted octanol–water partition coefficient (Wildman–Crippen LogP) is 3.38. The Labute approximate surface area is 112 Å². The minimum atomic E-state index is 0.738. The summed E-state index contributed by atoms with van der Waals surface area (Å²) in [5, 5.41) is 3.49. The van der Waals surface area contributed by atoms with Gasteiger partial charge in [0.2, 0.25) is 0 Å². The van der Waals surface area contributed by atoms with Gasteiger partial charge in [-0.05, 0) is 50.9 Å². The van der Waals surface area contributed by atoms with Gasteiger partial charge in [0.1, 0.15) is 0 Å². The minimum Gasteiger partial charge on any atom is -0.374 e. The molecule has 1 aromatic rings. The van der Waals surface area contributed by atoms with Crippen LogP contribution in [0.5, 0.6) is 0 Å². The van der Waals surface area contributed by atoms with Crippen LogP contribution < -0.4 is 10.2 Å². The van der Waals surface area contributed by atoms with Crippen molar-refractivity contribution >= 4 is 5.69 Å². The average molecular weight is 248 g/mol. The molecular formula is C16H28N2. The van der Waals surface area contributed by atoms with Crippen molar-refractivity contribution in [3.05, 3.63) is 29.3 Å². The van der Waals surface area contributed by atoms with Gasteiger partial charge in [-0.3, -0.25) is 0 Å². The molecule has 1 aromatic carbocycles. The minimum absolute atomic E-state index is 0.738. The summed E-state index contributed by atoms with van der Waals surface area (Å²) < 4.78 is 0. The molecule has 2 nitrogen and oxygen atoms in total. The van der Waals surface area contributed by atoms with Crippen molar-refractivity contribution < 1.29 is 0 Å². The molecule has 0 amide bonds. The summed E-state index contributed by atoms with van der Waals surface area (Å²) in [6.45, 7) is 12.2. The fourth-order valence-electron chi connectivity index (χ4n) is 2.19. The molecule has 0 spiro atoms. The molecule has 1 N–H and O–H groups in total. The van der Waals surface area contributed by atoms with E-state index in [4.69, 9.17) is 0 Å². The Hall–Kier alpha value is -1.02. The SMILES string of the molecule is Cc1ccc(N(C)CCCNCC(C)C)c(C)c1. The first-order valence-corrected chi connectivity index (χ1v) is 7.00. The van der Waals surface area contributed by atoms with Crippen LogP contribution in [0, 0.1) is 19.8 Å². The molecule has 0 bridgehead atoms. The van der Waals surface area contributed by atoms with Crippen molar-refractivity contribution in [1.82, 2.24) is 5.32 Å². The van der Waals surface area contributed by atoms with E-state index in [9.17, 15) is 0 Å². The highest BCUT2D eigenvalue weighted by atomic mass is 15.1. The lowest BCUT2D eigenvalue weighted by molar-refractivity contribution is 0.543. The van der Waals surface area contributed by atoms with Gasteiger partial charge in [-0.1, -0.05) is 31.5 Å². The van der Waals surface area contributed by atoms with Crippen molar-refractivity contribution in [1.29, 1.82) is 0 Å². The number of anilines is 1. The first kappa shape index (κ1) is 15.0. The van der Waals surface area contributed by atoms with Crippen LogP contribution >= 0.6 is 0 Å². The molecule has 0 atom stereocenters. The summed E-state index contributed by atoms with van der Waals surface area (Å²) in [6, 6.07) is 6.67. The number of hydrogen-bond acceptors (Lipinski definition) is 2. The third kappa shape index (κ3) is 5.09. The molecule has 0 unspecified atom stereocenters. The predicted molar refractivity (Wildman–Crippen MR) is 81.5 cm³/mol. The lowest BCUT2D eigenvalue weighted by Gasteiger charge is -2.22. The third-order valence-electron chi connectivity index (χ3n) is 3.16. The standard InChI is InChI=1S/C16H28N2/c1-13(2)12-17-9-6-10-18(5)16-8-7-14(3)11-15(16)4/h7-8,11,13,17H,6,9-10,12H2,1-5H3. The van der Waals surface area contributed by atoms with Gasteiger partial charge in [0.25, 0.3) is 0 Å². The van der Waals surface area contributed by atoms with Crippen molar-refractivity contribution in [2.75, 3.05) is 31.6 Å². The first-order valence-electron chi connectivity index (χ1n) is 7.00. The van der Waals surface area contributed by atoms with Gasteiger partial charge in [-0.2, -0.15) is 0 Å². The molecule has 0 fully saturated rings. The van der Waals surface area contributed by atoms with Crippen LogP contribution in [-0.4, -0.2) is 26.7 Å². The monoisotopic (exact) mass is 248 g/mol. The Bertz CT molecular complexity index is 358. The molecule has 102 valence electrons. The van der Waals surface area contributed by atoms with Crippen molar-refractivity contribution in [2.24, 2.45) is 5.92 Å². The summed E-state index contributed by atoms with van der Waals surface area (Å²) in [6.07, 6.45) is 1.19. The topological polar surface area (TPSA) is 15.3 Å². The number of hydrogen-bond donors (Lipinski definition) is 1. The molecule has 0 radical (unpaired) electrons. The Balaban J connectivity index is 2.34. The van der Waals surface area contributed by atoms with E-state index in [1.165, 1.54) is 23.2 Å². The second kappa shape index (κ2) is 7.42. The maximum absolute atomic E-state index is 3.49. The van der Waals surface area contributed by atoms with E-state index >= 15 is 0 Å². The maximum Gasteiger partial charge on any atom is 0.0393 e. The van der Waals surface area contributed by atoms with E-state index in [0.29, 0.717) is 0 Å². The molecule has 0 heterocycles. The zero-order chi connectivity index (χ0) is 13.5. The Kier molecular flexibility index (Phi) is 6.20. The molecule has 1 rings (SSSR count). The average Bonchev–Trinajstić information content (AvgIpc) is 2.27. The molecule has 0 aliphatic heterocycles. The van der Waals surface area contributed by atoms with Gasteiger partial charge in [0, 0.05) is 19.3 Å². The van der Waals surface area contributed by atoms with Crippen LogP contribution in [0.4, 0.5) is 5.69 Å².